The van der Waals surface area contributed by atoms with E-state index in [4.69, 9.17) is 11.5 Å². The van der Waals surface area contributed by atoms with Crippen LogP contribution in [0.3, 0.4) is 0 Å². The Balaban J connectivity index is 1.56. The van der Waals surface area contributed by atoms with Crippen molar-refractivity contribution in [2.24, 2.45) is 11.7 Å². The summed E-state index contributed by atoms with van der Waals surface area (Å²) in [6.45, 7) is 2.78. The van der Waals surface area contributed by atoms with Gasteiger partial charge in [-0.2, -0.15) is 0 Å². The molecule has 3 rings (SSSR count). The summed E-state index contributed by atoms with van der Waals surface area (Å²) < 4.78 is 0. The van der Waals surface area contributed by atoms with Crippen LogP contribution in [0.4, 0.5) is 5.82 Å². The SMILES string of the molecule is Cc1nc(N)ccc1CNC(=O)C(CCC(N)=O)NC(=O)[C@H]1C[C@H](Cc2ccccc2)CN1. The van der Waals surface area contributed by atoms with Crippen molar-refractivity contribution in [1.82, 2.24) is 20.9 Å². The maximum Gasteiger partial charge on any atom is 0.242 e. The van der Waals surface area contributed by atoms with E-state index in [1.807, 2.05) is 25.1 Å². The summed E-state index contributed by atoms with van der Waals surface area (Å²) in [5, 5.41) is 8.87. The molecule has 0 aliphatic carbocycles. The molecule has 9 heteroatoms. The number of nitrogen functional groups attached to an aromatic ring is 1. The number of rotatable bonds is 10. The number of nitrogens with zero attached hydrogens (tertiary/aromatic N) is 1. The standard InChI is InChI=1S/C24H32N6O3/c1-15-18(7-9-21(25)29-15)14-28-23(32)19(8-10-22(26)31)30-24(33)20-12-17(13-27-20)11-16-5-3-2-4-6-16/h2-7,9,17,19-20,27H,8,10-14H2,1H3,(H2,25,29)(H2,26,31)(H,28,32)(H,30,33)/t17-,19?,20+/m0/s1. The van der Waals surface area contributed by atoms with Crippen molar-refractivity contribution in [3.63, 3.8) is 0 Å². The van der Waals surface area contributed by atoms with Crippen LogP contribution in [-0.4, -0.2) is 41.3 Å². The molecule has 1 aromatic heterocycles. The molecule has 2 heterocycles. The minimum absolute atomic E-state index is 0.00442. The number of primary amides is 1. The molecule has 1 aliphatic heterocycles. The molecule has 3 amide bonds. The first-order valence-corrected chi connectivity index (χ1v) is 11.2. The van der Waals surface area contributed by atoms with E-state index in [1.54, 1.807) is 12.1 Å². The minimum Gasteiger partial charge on any atom is -0.384 e. The lowest BCUT2D eigenvalue weighted by Gasteiger charge is -2.20. The molecule has 1 saturated heterocycles. The predicted octanol–water partition coefficient (Wildman–Crippen LogP) is 0.560. The smallest absolute Gasteiger partial charge is 0.242 e. The lowest BCUT2D eigenvalue weighted by Crippen LogP contribution is -2.51. The average molecular weight is 453 g/mol. The van der Waals surface area contributed by atoms with Crippen molar-refractivity contribution < 1.29 is 14.4 Å². The van der Waals surface area contributed by atoms with Crippen LogP contribution in [0.1, 0.15) is 36.1 Å². The largest absolute Gasteiger partial charge is 0.384 e. The van der Waals surface area contributed by atoms with Gasteiger partial charge in [-0.25, -0.2) is 4.98 Å². The zero-order valence-electron chi connectivity index (χ0n) is 18.8. The average Bonchev–Trinajstić information content (AvgIpc) is 3.25. The molecule has 1 aliphatic rings. The van der Waals surface area contributed by atoms with Gasteiger partial charge in [-0.15, -0.1) is 0 Å². The first-order valence-electron chi connectivity index (χ1n) is 11.2. The number of amides is 3. The van der Waals surface area contributed by atoms with Gasteiger partial charge < -0.3 is 27.4 Å². The molecule has 176 valence electrons. The fraction of sp³-hybridized carbons (Fsp3) is 0.417. The second kappa shape index (κ2) is 11.4. The Hall–Kier alpha value is -3.46. The first-order chi connectivity index (χ1) is 15.8. The fourth-order valence-electron chi connectivity index (χ4n) is 4.04. The molecule has 33 heavy (non-hydrogen) atoms. The highest BCUT2D eigenvalue weighted by atomic mass is 16.2. The Labute approximate surface area is 193 Å². The van der Waals surface area contributed by atoms with E-state index in [0.717, 1.165) is 18.5 Å². The molecule has 9 nitrogen and oxygen atoms in total. The van der Waals surface area contributed by atoms with E-state index in [0.29, 0.717) is 23.9 Å². The van der Waals surface area contributed by atoms with Crippen LogP contribution >= 0.6 is 0 Å². The lowest BCUT2D eigenvalue weighted by atomic mass is 9.96. The summed E-state index contributed by atoms with van der Waals surface area (Å²) in [7, 11) is 0. The van der Waals surface area contributed by atoms with Gasteiger partial charge in [0, 0.05) is 18.7 Å². The van der Waals surface area contributed by atoms with Gasteiger partial charge in [-0.05, 0) is 55.8 Å². The molecule has 0 saturated carbocycles. The number of nitrogens with one attached hydrogen (secondary N) is 3. The maximum absolute atomic E-state index is 12.9. The van der Waals surface area contributed by atoms with Crippen LogP contribution in [0.25, 0.3) is 0 Å². The van der Waals surface area contributed by atoms with Crippen LogP contribution in [0.15, 0.2) is 42.5 Å². The van der Waals surface area contributed by atoms with Crippen LogP contribution in [0, 0.1) is 12.8 Å². The van der Waals surface area contributed by atoms with Gasteiger partial charge in [0.1, 0.15) is 11.9 Å². The van der Waals surface area contributed by atoms with Gasteiger partial charge in [0.2, 0.25) is 17.7 Å². The van der Waals surface area contributed by atoms with Gasteiger partial charge in [0.05, 0.1) is 6.04 Å². The summed E-state index contributed by atoms with van der Waals surface area (Å²) in [5.41, 5.74) is 13.7. The van der Waals surface area contributed by atoms with Crippen molar-refractivity contribution in [3.05, 3.63) is 59.3 Å². The number of carbonyl (C=O) groups excluding carboxylic acids is 3. The minimum atomic E-state index is -0.859. The third-order valence-corrected chi connectivity index (χ3v) is 5.89. The second-order valence-electron chi connectivity index (χ2n) is 8.52. The molecule has 3 atom stereocenters. The molecule has 0 radical (unpaired) electrons. The highest BCUT2D eigenvalue weighted by molar-refractivity contribution is 5.90. The summed E-state index contributed by atoms with van der Waals surface area (Å²) in [6, 6.07) is 12.4. The Morgan fingerprint density at radius 3 is 2.64 bits per heavy atom. The number of hydrogen-bond acceptors (Lipinski definition) is 6. The molecule has 2 aromatic rings. The number of anilines is 1. The van der Waals surface area contributed by atoms with Gasteiger partial charge in [0.15, 0.2) is 0 Å². The summed E-state index contributed by atoms with van der Waals surface area (Å²) in [4.78, 5) is 41.2. The summed E-state index contributed by atoms with van der Waals surface area (Å²) in [5.74, 6) is -0.409. The van der Waals surface area contributed by atoms with E-state index < -0.39 is 11.9 Å². The van der Waals surface area contributed by atoms with E-state index in [2.05, 4.69) is 33.1 Å². The fourth-order valence-corrected chi connectivity index (χ4v) is 4.04. The molecular formula is C24H32N6O3. The van der Waals surface area contributed by atoms with Gasteiger partial charge >= 0.3 is 0 Å². The van der Waals surface area contributed by atoms with Crippen molar-refractivity contribution in [1.29, 1.82) is 0 Å². The summed E-state index contributed by atoms with van der Waals surface area (Å²) >= 11 is 0. The molecular weight excluding hydrogens is 420 g/mol. The molecule has 0 spiro atoms. The number of aryl methyl sites for hydroxylation is 1. The van der Waals surface area contributed by atoms with E-state index in [9.17, 15) is 14.4 Å². The summed E-state index contributed by atoms with van der Waals surface area (Å²) in [6.07, 6.45) is 1.70. The van der Waals surface area contributed by atoms with E-state index >= 15 is 0 Å². The Kier molecular flexibility index (Phi) is 8.37. The number of hydrogen-bond donors (Lipinski definition) is 5. The number of carbonyl (C=O) groups is 3. The monoisotopic (exact) mass is 452 g/mol. The molecule has 0 bridgehead atoms. The highest BCUT2D eigenvalue weighted by Crippen LogP contribution is 2.19. The Bertz CT molecular complexity index is 981. The Morgan fingerprint density at radius 2 is 1.94 bits per heavy atom. The van der Waals surface area contributed by atoms with Gasteiger partial charge in [-0.1, -0.05) is 36.4 Å². The first kappa shape index (κ1) is 24.2. The van der Waals surface area contributed by atoms with Crippen LogP contribution < -0.4 is 27.4 Å². The second-order valence-corrected chi connectivity index (χ2v) is 8.52. The van der Waals surface area contributed by atoms with Crippen LogP contribution in [0.5, 0.6) is 0 Å². The van der Waals surface area contributed by atoms with Crippen LogP contribution in [-0.2, 0) is 27.3 Å². The van der Waals surface area contributed by atoms with E-state index in [1.165, 1.54) is 5.56 Å². The maximum atomic E-state index is 12.9. The molecule has 1 aromatic carbocycles. The van der Waals surface area contributed by atoms with E-state index in [-0.39, 0.29) is 37.2 Å². The quantitative estimate of drug-likeness (QED) is 0.355. The predicted molar refractivity (Wildman–Crippen MR) is 126 cm³/mol. The normalized spacial score (nSPS) is 18.5. The lowest BCUT2D eigenvalue weighted by molar-refractivity contribution is -0.130. The van der Waals surface area contributed by atoms with Gasteiger partial charge in [0.25, 0.3) is 0 Å². The number of nitrogens with two attached hydrogens (primary N) is 2. The van der Waals surface area contributed by atoms with Crippen molar-refractivity contribution >= 4 is 23.5 Å². The van der Waals surface area contributed by atoms with Crippen molar-refractivity contribution in [2.75, 3.05) is 12.3 Å². The van der Waals surface area contributed by atoms with Crippen molar-refractivity contribution in [3.8, 4) is 0 Å². The topological polar surface area (TPSA) is 152 Å². The number of benzene rings is 1. The van der Waals surface area contributed by atoms with Crippen LogP contribution in [0.2, 0.25) is 0 Å². The molecule has 1 unspecified atom stereocenters. The number of aromatic nitrogens is 1. The molecule has 7 N–H and O–H groups in total. The number of pyridine rings is 1. The third kappa shape index (κ3) is 7.28. The van der Waals surface area contributed by atoms with Gasteiger partial charge in [-0.3, -0.25) is 14.4 Å². The highest BCUT2D eigenvalue weighted by Gasteiger charge is 2.32. The Morgan fingerprint density at radius 1 is 1.18 bits per heavy atom. The van der Waals surface area contributed by atoms with Crippen molar-refractivity contribution in [2.45, 2.75) is 51.2 Å². The zero-order chi connectivity index (χ0) is 23.8. The molecule has 1 fully saturated rings. The third-order valence-electron chi connectivity index (χ3n) is 5.89. The zero-order valence-corrected chi connectivity index (χ0v) is 18.8.